The van der Waals surface area contributed by atoms with Gasteiger partial charge in [-0.25, -0.2) is 4.98 Å². The molecule has 1 amide bonds. The number of aryl methyl sites for hydroxylation is 1. The van der Waals surface area contributed by atoms with Crippen LogP contribution in [0.4, 0.5) is 0 Å². The number of aromatic nitrogens is 2. The lowest BCUT2D eigenvalue weighted by Gasteiger charge is -2.29. The van der Waals surface area contributed by atoms with Crippen LogP contribution in [0.15, 0.2) is 0 Å². The van der Waals surface area contributed by atoms with Crippen molar-refractivity contribution in [3.8, 4) is 0 Å². The number of rotatable bonds is 2. The molecule has 0 spiro atoms. The third-order valence-corrected chi connectivity index (χ3v) is 4.90. The summed E-state index contributed by atoms with van der Waals surface area (Å²) in [5, 5.41) is 0. The zero-order valence-corrected chi connectivity index (χ0v) is 13.3. The van der Waals surface area contributed by atoms with E-state index in [2.05, 4.69) is 28.4 Å². The van der Waals surface area contributed by atoms with Crippen LogP contribution in [0.1, 0.15) is 17.2 Å². The molecule has 3 rings (SSSR count). The zero-order valence-electron chi connectivity index (χ0n) is 13.3. The van der Waals surface area contributed by atoms with E-state index in [9.17, 15) is 4.79 Å². The molecule has 6 heteroatoms. The molecule has 2 bridgehead atoms. The van der Waals surface area contributed by atoms with Crippen LogP contribution in [0.25, 0.3) is 0 Å². The maximum atomic E-state index is 12.3. The van der Waals surface area contributed by atoms with Gasteiger partial charge in [-0.1, -0.05) is 0 Å². The Balaban J connectivity index is 1.80. The van der Waals surface area contributed by atoms with Gasteiger partial charge < -0.3 is 14.2 Å². The zero-order chi connectivity index (χ0) is 15.1. The van der Waals surface area contributed by atoms with Crippen LogP contribution in [-0.2, 0) is 23.1 Å². The molecule has 0 saturated carbocycles. The minimum Gasteiger partial charge on any atom is -0.378 e. The number of nitrogens with zero attached hydrogens (tertiary/aromatic N) is 4. The second-order valence-electron chi connectivity index (χ2n) is 6.29. The Kier molecular flexibility index (Phi) is 3.75. The lowest BCUT2D eigenvalue weighted by molar-refractivity contribution is -0.133. The van der Waals surface area contributed by atoms with E-state index in [-0.39, 0.29) is 17.9 Å². The van der Waals surface area contributed by atoms with Crippen molar-refractivity contribution in [3.63, 3.8) is 0 Å². The molecule has 2 aliphatic rings. The highest BCUT2D eigenvalue weighted by Gasteiger charge is 2.37. The maximum absolute atomic E-state index is 12.3. The number of likely N-dealkylation sites (N-methyl/N-ethyl adjacent to an activating group) is 1. The molecule has 0 unspecified atom stereocenters. The van der Waals surface area contributed by atoms with E-state index in [1.54, 1.807) is 0 Å². The summed E-state index contributed by atoms with van der Waals surface area (Å²) >= 11 is 0. The first-order valence-electron chi connectivity index (χ1n) is 7.53. The number of ether oxygens (including phenoxy) is 1. The number of hydrogen-bond acceptors (Lipinski definition) is 4. The summed E-state index contributed by atoms with van der Waals surface area (Å²) < 4.78 is 7.79. The van der Waals surface area contributed by atoms with Gasteiger partial charge in [0, 0.05) is 32.9 Å². The molecule has 6 nitrogen and oxygen atoms in total. The highest BCUT2D eigenvalue weighted by Crippen LogP contribution is 2.21. The first-order chi connectivity index (χ1) is 9.97. The van der Waals surface area contributed by atoms with Gasteiger partial charge in [-0.05, 0) is 13.8 Å². The summed E-state index contributed by atoms with van der Waals surface area (Å²) in [6, 6.07) is 0.146. The van der Waals surface area contributed by atoms with E-state index < -0.39 is 0 Å². The van der Waals surface area contributed by atoms with Gasteiger partial charge in [0.15, 0.2) is 0 Å². The van der Waals surface area contributed by atoms with Crippen LogP contribution >= 0.6 is 0 Å². The van der Waals surface area contributed by atoms with Crippen LogP contribution in [-0.4, -0.2) is 64.7 Å². The third-order valence-electron chi connectivity index (χ3n) is 4.90. The fourth-order valence-corrected chi connectivity index (χ4v) is 3.24. The van der Waals surface area contributed by atoms with E-state index in [1.165, 1.54) is 5.69 Å². The second kappa shape index (κ2) is 5.42. The van der Waals surface area contributed by atoms with Crippen LogP contribution < -0.4 is 0 Å². The van der Waals surface area contributed by atoms with Crippen LogP contribution in [0, 0.1) is 19.8 Å². The molecule has 2 saturated heterocycles. The molecule has 21 heavy (non-hydrogen) atoms. The number of hydrogen-bond donors (Lipinski definition) is 0. The van der Waals surface area contributed by atoms with Gasteiger partial charge in [0.05, 0.1) is 37.4 Å². The number of amides is 1. The van der Waals surface area contributed by atoms with Crippen LogP contribution in [0.5, 0.6) is 0 Å². The van der Waals surface area contributed by atoms with E-state index in [0.717, 1.165) is 31.2 Å². The molecule has 2 fully saturated rings. The van der Waals surface area contributed by atoms with Gasteiger partial charge >= 0.3 is 0 Å². The first kappa shape index (κ1) is 14.5. The van der Waals surface area contributed by atoms with Gasteiger partial charge in [0.25, 0.3) is 0 Å². The Morgan fingerprint density at radius 2 is 2.00 bits per heavy atom. The summed E-state index contributed by atoms with van der Waals surface area (Å²) in [6.45, 7) is 7.70. The summed E-state index contributed by atoms with van der Waals surface area (Å²) in [4.78, 5) is 21.2. The highest BCUT2D eigenvalue weighted by atomic mass is 16.5. The standard InChI is InChI=1S/C15H24N4O2/c1-10-11(2)17(3)14(16-10)7-19-5-12-8-21-9-13(6-19)18(4)15(12)20/h12-13H,5-9H2,1-4H3/t12-,13+/m1/s1. The minimum absolute atomic E-state index is 0.0510. The molecule has 0 radical (unpaired) electrons. The largest absolute Gasteiger partial charge is 0.378 e. The minimum atomic E-state index is -0.0510. The topological polar surface area (TPSA) is 50.6 Å². The first-order valence-corrected chi connectivity index (χ1v) is 7.53. The van der Waals surface area contributed by atoms with Gasteiger partial charge in [-0.15, -0.1) is 0 Å². The normalized spacial score (nSPS) is 27.0. The molecule has 1 aromatic rings. The van der Waals surface area contributed by atoms with Gasteiger partial charge in [-0.2, -0.15) is 0 Å². The fourth-order valence-electron chi connectivity index (χ4n) is 3.24. The van der Waals surface area contributed by atoms with Crippen LogP contribution in [0.2, 0.25) is 0 Å². The quantitative estimate of drug-likeness (QED) is 0.788. The van der Waals surface area contributed by atoms with Gasteiger partial charge in [0.2, 0.25) is 5.91 Å². The summed E-state index contributed by atoms with van der Waals surface area (Å²) in [5.74, 6) is 1.23. The fraction of sp³-hybridized carbons (Fsp3) is 0.733. The lowest BCUT2D eigenvalue weighted by Crippen LogP contribution is -2.43. The van der Waals surface area contributed by atoms with E-state index in [1.807, 2.05) is 18.9 Å². The Hall–Kier alpha value is -1.40. The Morgan fingerprint density at radius 3 is 2.67 bits per heavy atom. The van der Waals surface area contributed by atoms with Crippen molar-refractivity contribution in [3.05, 3.63) is 17.2 Å². The molecule has 1 aromatic heterocycles. The molecule has 0 aromatic carbocycles. The van der Waals surface area contributed by atoms with Crippen molar-refractivity contribution in [1.82, 2.24) is 19.4 Å². The SMILES string of the molecule is Cc1nc(CN2C[C@@H]3COC[C@H](C2)N(C)C3=O)n(C)c1C. The van der Waals surface area contributed by atoms with Crippen molar-refractivity contribution >= 4 is 5.91 Å². The second-order valence-corrected chi connectivity index (χ2v) is 6.29. The number of fused-ring (bicyclic) bond motifs is 3. The average molecular weight is 292 g/mol. The molecule has 2 aliphatic heterocycles. The van der Waals surface area contributed by atoms with Crippen molar-refractivity contribution in [2.24, 2.45) is 13.0 Å². The van der Waals surface area contributed by atoms with E-state index in [0.29, 0.717) is 13.2 Å². The highest BCUT2D eigenvalue weighted by molar-refractivity contribution is 5.79. The third kappa shape index (κ3) is 2.58. The van der Waals surface area contributed by atoms with E-state index in [4.69, 9.17) is 4.74 Å². The molecular weight excluding hydrogens is 268 g/mol. The molecule has 0 N–H and O–H groups in total. The van der Waals surface area contributed by atoms with Gasteiger partial charge in [0.1, 0.15) is 5.82 Å². The van der Waals surface area contributed by atoms with Gasteiger partial charge in [-0.3, -0.25) is 9.69 Å². The van der Waals surface area contributed by atoms with Crippen molar-refractivity contribution in [2.45, 2.75) is 26.4 Å². The molecule has 116 valence electrons. The van der Waals surface area contributed by atoms with Crippen molar-refractivity contribution < 1.29 is 9.53 Å². The summed E-state index contributed by atoms with van der Waals surface area (Å²) in [5.41, 5.74) is 2.29. The predicted molar refractivity (Wildman–Crippen MR) is 78.8 cm³/mol. The lowest BCUT2D eigenvalue weighted by atomic mass is 10.1. The molecule has 2 atom stereocenters. The van der Waals surface area contributed by atoms with Crippen molar-refractivity contribution in [2.75, 3.05) is 33.4 Å². The smallest absolute Gasteiger partial charge is 0.229 e. The Bertz CT molecular complexity index is 554. The number of imidazole rings is 1. The predicted octanol–water partition coefficient (Wildman–Crippen LogP) is 0.326. The Morgan fingerprint density at radius 1 is 1.24 bits per heavy atom. The Labute approximate surface area is 125 Å². The summed E-state index contributed by atoms with van der Waals surface area (Å²) in [7, 11) is 3.96. The summed E-state index contributed by atoms with van der Waals surface area (Å²) in [6.07, 6.45) is 0. The monoisotopic (exact) mass is 292 g/mol. The molecule has 3 heterocycles. The van der Waals surface area contributed by atoms with Crippen molar-refractivity contribution in [1.29, 1.82) is 0 Å². The number of carbonyl (C=O) groups excluding carboxylic acids is 1. The average Bonchev–Trinajstić information content (AvgIpc) is 2.55. The van der Waals surface area contributed by atoms with Crippen LogP contribution in [0.3, 0.4) is 0 Å². The maximum Gasteiger partial charge on any atom is 0.229 e. The molecular formula is C15H24N4O2. The molecule has 0 aliphatic carbocycles. The number of carbonyl (C=O) groups is 1. The van der Waals surface area contributed by atoms with E-state index >= 15 is 0 Å².